The van der Waals surface area contributed by atoms with Gasteiger partial charge in [0.1, 0.15) is 5.52 Å². The van der Waals surface area contributed by atoms with Crippen LogP contribution >= 0.6 is 11.8 Å². The predicted octanol–water partition coefficient (Wildman–Crippen LogP) is 3.02. The highest BCUT2D eigenvalue weighted by Crippen LogP contribution is 2.18. The van der Waals surface area contributed by atoms with E-state index < -0.39 is 0 Å². The van der Waals surface area contributed by atoms with E-state index in [0.717, 1.165) is 17.7 Å². The fraction of sp³-hybridized carbons (Fsp3) is 0.350. The van der Waals surface area contributed by atoms with Crippen molar-refractivity contribution in [1.29, 1.82) is 0 Å². The van der Waals surface area contributed by atoms with Crippen LogP contribution in [-0.4, -0.2) is 26.2 Å². The molecule has 0 saturated heterocycles. The maximum atomic E-state index is 12.6. The average Bonchev–Trinajstić information content (AvgIpc) is 3.05. The molecule has 2 aromatic heterocycles. The summed E-state index contributed by atoms with van der Waals surface area (Å²) in [7, 11) is 0. The number of carbonyl (C=O) groups is 1. The van der Waals surface area contributed by atoms with Gasteiger partial charge < -0.3 is 10.3 Å². The van der Waals surface area contributed by atoms with E-state index in [4.69, 9.17) is 0 Å². The molecule has 142 valence electrons. The maximum absolute atomic E-state index is 12.6. The highest BCUT2D eigenvalue weighted by molar-refractivity contribution is 7.99. The van der Waals surface area contributed by atoms with Crippen LogP contribution in [0.4, 0.5) is 0 Å². The number of fused-ring (bicyclic) bond motifs is 1. The van der Waals surface area contributed by atoms with Gasteiger partial charge in [-0.3, -0.25) is 14.2 Å². The Hall–Kier alpha value is -2.54. The number of hydrogen-bond acceptors (Lipinski definition) is 4. The second-order valence-electron chi connectivity index (χ2n) is 6.39. The number of aryl methyl sites for hydroxylation is 2. The molecule has 7 heteroatoms. The number of benzene rings is 1. The average molecular weight is 385 g/mol. The summed E-state index contributed by atoms with van der Waals surface area (Å²) in [5.41, 5.74) is 4.29. The number of amides is 1. The van der Waals surface area contributed by atoms with Crippen molar-refractivity contribution in [1.82, 2.24) is 19.9 Å². The third-order valence-electron chi connectivity index (χ3n) is 4.41. The van der Waals surface area contributed by atoms with E-state index in [-0.39, 0.29) is 17.2 Å². The fourth-order valence-electron chi connectivity index (χ4n) is 2.87. The zero-order chi connectivity index (χ0) is 19.4. The molecule has 2 N–H and O–H groups in total. The summed E-state index contributed by atoms with van der Waals surface area (Å²) in [5.74, 6) is 0.135. The Labute approximate surface area is 162 Å². The molecular weight excluding hydrogens is 360 g/mol. The smallest absolute Gasteiger partial charge is 0.278 e. The highest BCUT2D eigenvalue weighted by atomic mass is 32.2. The minimum atomic E-state index is -0.102. The second kappa shape index (κ2) is 8.43. The first-order valence-corrected chi connectivity index (χ1v) is 10.1. The Balaban J connectivity index is 1.65. The standard InChI is InChI=1S/C20H24N4O2S/c1-4-14-6-8-15(9-7-14)11-21-17(25)12-27-20-23-16-10-13(3)22-18(16)19(26)24(20)5-2/h6-10,22H,4-5,11-12H2,1-3H3,(H,21,25). The molecule has 0 unspecified atom stereocenters. The van der Waals surface area contributed by atoms with E-state index >= 15 is 0 Å². The van der Waals surface area contributed by atoms with Crippen molar-refractivity contribution in [3.05, 3.63) is 57.5 Å². The number of thioether (sulfide) groups is 1. The Morgan fingerprint density at radius 2 is 1.93 bits per heavy atom. The van der Waals surface area contributed by atoms with Gasteiger partial charge in [0.05, 0.1) is 11.3 Å². The molecule has 27 heavy (non-hydrogen) atoms. The summed E-state index contributed by atoms with van der Waals surface area (Å²) in [6, 6.07) is 10.1. The van der Waals surface area contributed by atoms with E-state index in [0.29, 0.717) is 29.3 Å². The number of rotatable bonds is 7. The topological polar surface area (TPSA) is 79.8 Å². The lowest BCUT2D eigenvalue weighted by Gasteiger charge is -2.10. The molecule has 0 bridgehead atoms. The number of nitrogens with one attached hydrogen (secondary N) is 2. The van der Waals surface area contributed by atoms with Crippen molar-refractivity contribution in [3.8, 4) is 0 Å². The quantitative estimate of drug-likeness (QED) is 0.485. The Bertz CT molecular complexity index is 1010. The van der Waals surface area contributed by atoms with Gasteiger partial charge in [0.25, 0.3) is 5.56 Å². The van der Waals surface area contributed by atoms with Crippen LogP contribution in [-0.2, 0) is 24.3 Å². The molecule has 0 radical (unpaired) electrons. The molecule has 3 rings (SSSR count). The lowest BCUT2D eigenvalue weighted by Crippen LogP contribution is -2.26. The van der Waals surface area contributed by atoms with Crippen LogP contribution in [0.3, 0.4) is 0 Å². The summed E-state index contributed by atoms with van der Waals surface area (Å²) in [5, 5.41) is 3.49. The molecule has 0 spiro atoms. The highest BCUT2D eigenvalue weighted by Gasteiger charge is 2.13. The summed E-state index contributed by atoms with van der Waals surface area (Å²) < 4.78 is 1.60. The second-order valence-corrected chi connectivity index (χ2v) is 7.33. The first kappa shape index (κ1) is 19.2. The third-order valence-corrected chi connectivity index (χ3v) is 5.38. The summed E-state index contributed by atoms with van der Waals surface area (Å²) >= 11 is 1.29. The molecule has 3 aromatic rings. The van der Waals surface area contributed by atoms with E-state index in [1.54, 1.807) is 4.57 Å². The van der Waals surface area contributed by atoms with Crippen LogP contribution < -0.4 is 10.9 Å². The molecule has 0 aliphatic carbocycles. The minimum Gasteiger partial charge on any atom is -0.353 e. The normalized spacial score (nSPS) is 11.1. The van der Waals surface area contributed by atoms with E-state index in [1.807, 2.05) is 32.0 Å². The van der Waals surface area contributed by atoms with Crippen molar-refractivity contribution in [2.75, 3.05) is 5.75 Å². The molecular formula is C20H24N4O2S. The van der Waals surface area contributed by atoms with E-state index in [9.17, 15) is 9.59 Å². The first-order valence-electron chi connectivity index (χ1n) is 9.09. The molecule has 0 fully saturated rings. The molecule has 0 saturated carbocycles. The van der Waals surface area contributed by atoms with Gasteiger partial charge in [-0.1, -0.05) is 43.0 Å². The van der Waals surface area contributed by atoms with Crippen LogP contribution in [0.15, 0.2) is 40.3 Å². The predicted molar refractivity (Wildman–Crippen MR) is 109 cm³/mol. The summed E-state index contributed by atoms with van der Waals surface area (Å²) in [6.07, 6.45) is 1.00. The molecule has 0 aliphatic rings. The van der Waals surface area contributed by atoms with Gasteiger partial charge in [0, 0.05) is 18.8 Å². The Morgan fingerprint density at radius 1 is 1.22 bits per heavy atom. The minimum absolute atomic E-state index is 0.0817. The number of hydrogen-bond donors (Lipinski definition) is 2. The molecule has 2 heterocycles. The maximum Gasteiger partial charge on any atom is 0.278 e. The van der Waals surface area contributed by atoms with E-state index in [2.05, 4.69) is 34.3 Å². The molecule has 6 nitrogen and oxygen atoms in total. The molecule has 1 aromatic carbocycles. The van der Waals surface area contributed by atoms with Crippen LogP contribution in [0.2, 0.25) is 0 Å². The summed E-state index contributed by atoms with van der Waals surface area (Å²) in [6.45, 7) is 6.91. The van der Waals surface area contributed by atoms with Gasteiger partial charge in [-0.2, -0.15) is 0 Å². The fourth-order valence-corrected chi connectivity index (χ4v) is 3.77. The largest absolute Gasteiger partial charge is 0.353 e. The lowest BCUT2D eigenvalue weighted by atomic mass is 10.1. The summed E-state index contributed by atoms with van der Waals surface area (Å²) in [4.78, 5) is 32.4. The number of aromatic nitrogens is 3. The van der Waals surface area contributed by atoms with Gasteiger partial charge in [0.2, 0.25) is 5.91 Å². The number of H-pyrrole nitrogens is 1. The van der Waals surface area contributed by atoms with Gasteiger partial charge >= 0.3 is 0 Å². The molecule has 0 atom stereocenters. The first-order chi connectivity index (χ1) is 13.0. The SMILES string of the molecule is CCc1ccc(CNC(=O)CSc2nc3cc(C)[nH]c3c(=O)n2CC)cc1. The Morgan fingerprint density at radius 3 is 2.59 bits per heavy atom. The van der Waals surface area contributed by atoms with Gasteiger partial charge in [-0.05, 0) is 37.5 Å². The van der Waals surface area contributed by atoms with Crippen LogP contribution in [0, 0.1) is 6.92 Å². The van der Waals surface area contributed by atoms with Crippen molar-refractivity contribution < 1.29 is 4.79 Å². The van der Waals surface area contributed by atoms with Crippen LogP contribution in [0.5, 0.6) is 0 Å². The van der Waals surface area contributed by atoms with E-state index in [1.165, 1.54) is 17.3 Å². The zero-order valence-electron chi connectivity index (χ0n) is 15.8. The lowest BCUT2D eigenvalue weighted by molar-refractivity contribution is -0.118. The Kier molecular flexibility index (Phi) is 6.01. The number of aromatic amines is 1. The monoisotopic (exact) mass is 384 g/mol. The van der Waals surface area contributed by atoms with Crippen molar-refractivity contribution in [2.45, 2.75) is 45.4 Å². The van der Waals surface area contributed by atoms with Gasteiger partial charge in [-0.25, -0.2) is 4.98 Å². The number of nitrogens with zero attached hydrogens (tertiary/aromatic N) is 2. The molecule has 0 aliphatic heterocycles. The van der Waals surface area contributed by atoms with Crippen LogP contribution in [0.25, 0.3) is 11.0 Å². The van der Waals surface area contributed by atoms with Crippen LogP contribution in [0.1, 0.15) is 30.7 Å². The van der Waals surface area contributed by atoms with Gasteiger partial charge in [-0.15, -0.1) is 0 Å². The van der Waals surface area contributed by atoms with Crippen molar-refractivity contribution >= 4 is 28.7 Å². The number of carbonyl (C=O) groups excluding carboxylic acids is 1. The third kappa shape index (κ3) is 4.42. The zero-order valence-corrected chi connectivity index (χ0v) is 16.7. The van der Waals surface area contributed by atoms with Crippen molar-refractivity contribution in [3.63, 3.8) is 0 Å². The van der Waals surface area contributed by atoms with Crippen molar-refractivity contribution in [2.24, 2.45) is 0 Å². The van der Waals surface area contributed by atoms with Gasteiger partial charge in [0.15, 0.2) is 5.16 Å². The molecule has 1 amide bonds.